The van der Waals surface area contributed by atoms with Crippen molar-refractivity contribution in [2.45, 2.75) is 13.8 Å². The first-order valence-electron chi connectivity index (χ1n) is 5.87. The van der Waals surface area contributed by atoms with E-state index in [1.807, 2.05) is 32.0 Å². The molecule has 0 bridgehead atoms. The average Bonchev–Trinajstić information content (AvgIpc) is 2.98. The largest absolute Gasteiger partial charge is 0.259 e. The molecule has 0 atom stereocenters. The fraction of sp³-hybridized carbons (Fsp3) is 0.308. The van der Waals surface area contributed by atoms with Crippen LogP contribution in [0.15, 0.2) is 38.2 Å². The number of pyridine rings is 1. The highest BCUT2D eigenvalue weighted by Gasteiger charge is 2.14. The molecular formula is C13H13N5. The minimum atomic E-state index is 0.666. The molecule has 0 amide bonds. The summed E-state index contributed by atoms with van der Waals surface area (Å²) in [5, 5.41) is 0. The number of aliphatic imine (C=N–C) groups is 4. The molecule has 0 saturated heterocycles. The van der Waals surface area contributed by atoms with Gasteiger partial charge in [-0.3, -0.25) is 9.98 Å². The molecular weight excluding hydrogens is 226 g/mol. The van der Waals surface area contributed by atoms with E-state index in [-0.39, 0.29) is 0 Å². The van der Waals surface area contributed by atoms with E-state index in [2.05, 4.69) is 25.0 Å². The van der Waals surface area contributed by atoms with Crippen LogP contribution in [0.1, 0.15) is 25.2 Å². The highest BCUT2D eigenvalue weighted by Crippen LogP contribution is 2.10. The molecule has 2 aliphatic heterocycles. The molecule has 0 aliphatic carbocycles. The molecule has 5 heteroatoms. The van der Waals surface area contributed by atoms with Crippen molar-refractivity contribution < 1.29 is 0 Å². The lowest BCUT2D eigenvalue weighted by Crippen LogP contribution is -2.05. The molecule has 2 aliphatic rings. The predicted molar refractivity (Wildman–Crippen MR) is 73.3 cm³/mol. The zero-order valence-corrected chi connectivity index (χ0v) is 10.4. The number of amidine groups is 2. The molecule has 1 aromatic rings. The molecule has 5 nitrogen and oxygen atoms in total. The van der Waals surface area contributed by atoms with E-state index < -0.39 is 0 Å². The van der Waals surface area contributed by atoms with Gasteiger partial charge in [0, 0.05) is 11.4 Å². The molecule has 0 unspecified atom stereocenters. The lowest BCUT2D eigenvalue weighted by molar-refractivity contribution is 1.22. The molecule has 0 spiro atoms. The van der Waals surface area contributed by atoms with Gasteiger partial charge in [-0.25, -0.2) is 15.0 Å². The third-order valence-electron chi connectivity index (χ3n) is 2.72. The average molecular weight is 239 g/mol. The maximum atomic E-state index is 4.53. The SMILES string of the molecule is CC1=NC(c2cccc(C3=NCC(C)=N3)n2)=NC1. The molecule has 0 fully saturated rings. The van der Waals surface area contributed by atoms with Gasteiger partial charge in [0.05, 0.1) is 13.1 Å². The van der Waals surface area contributed by atoms with E-state index in [1.165, 1.54) is 0 Å². The maximum absolute atomic E-state index is 4.53. The maximum Gasteiger partial charge on any atom is 0.173 e. The van der Waals surface area contributed by atoms with Gasteiger partial charge >= 0.3 is 0 Å². The number of hydrogen-bond donors (Lipinski definition) is 0. The van der Waals surface area contributed by atoms with Crippen molar-refractivity contribution in [1.82, 2.24) is 4.98 Å². The second kappa shape index (κ2) is 4.25. The quantitative estimate of drug-likeness (QED) is 0.771. The van der Waals surface area contributed by atoms with Crippen LogP contribution in [0.2, 0.25) is 0 Å². The Bertz CT molecular complexity index is 571. The normalized spacial score (nSPS) is 18.3. The van der Waals surface area contributed by atoms with E-state index in [9.17, 15) is 0 Å². The van der Waals surface area contributed by atoms with Crippen LogP contribution in [0, 0.1) is 0 Å². The van der Waals surface area contributed by atoms with Gasteiger partial charge in [-0.15, -0.1) is 0 Å². The second-order valence-corrected chi connectivity index (χ2v) is 4.38. The number of aromatic nitrogens is 1. The molecule has 90 valence electrons. The summed E-state index contributed by atoms with van der Waals surface area (Å²) in [6, 6.07) is 5.77. The Morgan fingerprint density at radius 3 is 1.72 bits per heavy atom. The van der Waals surface area contributed by atoms with Gasteiger partial charge in [0.1, 0.15) is 11.4 Å². The summed E-state index contributed by atoms with van der Waals surface area (Å²) in [7, 11) is 0. The Hall–Kier alpha value is -2.17. The molecule has 18 heavy (non-hydrogen) atoms. The van der Waals surface area contributed by atoms with Gasteiger partial charge in [0.15, 0.2) is 11.7 Å². The number of nitrogens with zero attached hydrogens (tertiary/aromatic N) is 5. The van der Waals surface area contributed by atoms with Crippen molar-refractivity contribution in [3.63, 3.8) is 0 Å². The monoisotopic (exact) mass is 239 g/mol. The van der Waals surface area contributed by atoms with Gasteiger partial charge in [0.25, 0.3) is 0 Å². The van der Waals surface area contributed by atoms with E-state index in [0.29, 0.717) is 24.8 Å². The van der Waals surface area contributed by atoms with Crippen molar-refractivity contribution >= 4 is 23.1 Å². The predicted octanol–water partition coefficient (Wildman–Crippen LogP) is 1.52. The summed E-state index contributed by atoms with van der Waals surface area (Å²) < 4.78 is 0. The van der Waals surface area contributed by atoms with Crippen LogP contribution >= 0.6 is 0 Å². The Morgan fingerprint density at radius 1 is 0.833 bits per heavy atom. The summed E-state index contributed by atoms with van der Waals surface area (Å²) in [4.78, 5) is 22.0. The summed E-state index contributed by atoms with van der Waals surface area (Å²) >= 11 is 0. The Kier molecular flexibility index (Phi) is 2.59. The van der Waals surface area contributed by atoms with E-state index in [1.54, 1.807) is 0 Å². The van der Waals surface area contributed by atoms with E-state index >= 15 is 0 Å². The van der Waals surface area contributed by atoms with Crippen molar-refractivity contribution in [1.29, 1.82) is 0 Å². The van der Waals surface area contributed by atoms with Gasteiger partial charge < -0.3 is 0 Å². The number of hydrogen-bond acceptors (Lipinski definition) is 5. The van der Waals surface area contributed by atoms with Gasteiger partial charge in [-0.2, -0.15) is 0 Å². The fourth-order valence-electron chi connectivity index (χ4n) is 1.84. The van der Waals surface area contributed by atoms with E-state index in [0.717, 1.165) is 22.8 Å². The highest BCUT2D eigenvalue weighted by molar-refractivity contribution is 6.12. The molecule has 0 saturated carbocycles. The summed E-state index contributed by atoms with van der Waals surface area (Å²) in [6.45, 7) is 5.27. The van der Waals surface area contributed by atoms with Crippen LogP contribution in [0.5, 0.6) is 0 Å². The molecule has 0 aromatic carbocycles. The molecule has 1 aromatic heterocycles. The Labute approximate surface area is 105 Å². The van der Waals surface area contributed by atoms with Crippen LogP contribution < -0.4 is 0 Å². The topological polar surface area (TPSA) is 62.3 Å². The van der Waals surface area contributed by atoms with E-state index in [4.69, 9.17) is 0 Å². The first-order chi connectivity index (χ1) is 8.72. The van der Waals surface area contributed by atoms with Gasteiger partial charge in [0.2, 0.25) is 0 Å². The van der Waals surface area contributed by atoms with Crippen molar-refractivity contribution in [2.24, 2.45) is 20.0 Å². The van der Waals surface area contributed by atoms with Crippen molar-refractivity contribution in [2.75, 3.05) is 13.1 Å². The zero-order valence-electron chi connectivity index (χ0n) is 10.4. The fourth-order valence-corrected chi connectivity index (χ4v) is 1.84. The standard InChI is InChI=1S/C13H13N5/c1-8-6-14-12(16-8)10-4-3-5-11(18-10)13-15-7-9(2)17-13/h3-5H,6-7H2,1-2H3. The minimum absolute atomic E-state index is 0.666. The van der Waals surface area contributed by atoms with Crippen LogP contribution in [0.4, 0.5) is 0 Å². The van der Waals surface area contributed by atoms with Crippen LogP contribution in [-0.4, -0.2) is 41.2 Å². The lowest BCUT2D eigenvalue weighted by Gasteiger charge is -2.00. The second-order valence-electron chi connectivity index (χ2n) is 4.38. The molecule has 0 radical (unpaired) electrons. The smallest absolute Gasteiger partial charge is 0.173 e. The molecule has 3 rings (SSSR count). The van der Waals surface area contributed by atoms with Crippen LogP contribution in [-0.2, 0) is 0 Å². The first kappa shape index (κ1) is 11.0. The minimum Gasteiger partial charge on any atom is -0.259 e. The summed E-state index contributed by atoms with van der Waals surface area (Å²) in [5.74, 6) is 1.40. The third kappa shape index (κ3) is 1.99. The van der Waals surface area contributed by atoms with Gasteiger partial charge in [-0.05, 0) is 26.0 Å². The molecule has 3 heterocycles. The highest BCUT2D eigenvalue weighted by atomic mass is 15.0. The van der Waals surface area contributed by atoms with Crippen LogP contribution in [0.3, 0.4) is 0 Å². The summed E-state index contributed by atoms with van der Waals surface area (Å²) in [5.41, 5.74) is 3.60. The lowest BCUT2D eigenvalue weighted by atomic mass is 10.2. The molecule has 0 N–H and O–H groups in total. The number of rotatable bonds is 2. The Morgan fingerprint density at radius 2 is 1.33 bits per heavy atom. The zero-order chi connectivity index (χ0) is 12.5. The van der Waals surface area contributed by atoms with Crippen molar-refractivity contribution in [3.05, 3.63) is 29.6 Å². The Balaban J connectivity index is 1.96. The van der Waals surface area contributed by atoms with Crippen LogP contribution in [0.25, 0.3) is 0 Å². The summed E-state index contributed by atoms with van der Waals surface area (Å²) in [6.07, 6.45) is 0. The van der Waals surface area contributed by atoms with Gasteiger partial charge in [-0.1, -0.05) is 6.07 Å². The van der Waals surface area contributed by atoms with Crippen molar-refractivity contribution in [3.8, 4) is 0 Å². The first-order valence-corrected chi connectivity index (χ1v) is 5.87. The third-order valence-corrected chi connectivity index (χ3v) is 2.72.